The fourth-order valence-electron chi connectivity index (χ4n) is 2.66. The van der Waals surface area contributed by atoms with Crippen molar-refractivity contribution in [1.82, 2.24) is 4.57 Å². The molecule has 0 saturated carbocycles. The first-order valence-electron chi connectivity index (χ1n) is 6.71. The Bertz CT molecular complexity index is 895. The van der Waals surface area contributed by atoms with Gasteiger partial charge >= 0.3 is 0 Å². The molecule has 0 radical (unpaired) electrons. The van der Waals surface area contributed by atoms with Crippen LogP contribution in [0.25, 0.3) is 10.9 Å². The van der Waals surface area contributed by atoms with Gasteiger partial charge in [0.1, 0.15) is 0 Å². The SMILES string of the molecule is Cc1c(C(N)=O)c2ccccc2n1C(=O)c1ccc(Br)cc1. The average Bonchev–Trinajstić information content (AvgIpc) is 2.79. The lowest BCUT2D eigenvalue weighted by molar-refractivity contribution is 0.0963. The molecule has 0 fully saturated rings. The number of primary amides is 1. The molecule has 1 amide bonds. The summed E-state index contributed by atoms with van der Waals surface area (Å²) >= 11 is 3.35. The Labute approximate surface area is 135 Å². The molecule has 0 aliphatic heterocycles. The lowest BCUT2D eigenvalue weighted by Crippen LogP contribution is -2.16. The number of benzene rings is 2. The van der Waals surface area contributed by atoms with E-state index in [0.29, 0.717) is 27.7 Å². The summed E-state index contributed by atoms with van der Waals surface area (Å²) in [4.78, 5) is 24.6. The second kappa shape index (κ2) is 5.42. The molecule has 0 atom stereocenters. The summed E-state index contributed by atoms with van der Waals surface area (Å²) in [6, 6.07) is 14.4. The smallest absolute Gasteiger partial charge is 0.262 e. The molecule has 0 aliphatic carbocycles. The summed E-state index contributed by atoms with van der Waals surface area (Å²) in [7, 11) is 0. The Hall–Kier alpha value is -2.40. The molecule has 0 spiro atoms. The molecule has 2 aromatic carbocycles. The van der Waals surface area contributed by atoms with Crippen LogP contribution in [0.2, 0.25) is 0 Å². The fraction of sp³-hybridized carbons (Fsp3) is 0.0588. The van der Waals surface area contributed by atoms with Crippen molar-refractivity contribution in [2.75, 3.05) is 0 Å². The predicted octanol–water partition coefficient (Wildman–Crippen LogP) is 3.50. The van der Waals surface area contributed by atoms with Gasteiger partial charge in [-0.2, -0.15) is 0 Å². The minimum Gasteiger partial charge on any atom is -0.366 e. The molecular formula is C17H13BrN2O2. The molecule has 110 valence electrons. The number of amides is 1. The quantitative estimate of drug-likeness (QED) is 0.763. The molecule has 3 rings (SSSR count). The third-order valence-electron chi connectivity index (χ3n) is 3.65. The summed E-state index contributed by atoms with van der Waals surface area (Å²) in [6.45, 7) is 1.73. The molecule has 1 heterocycles. The van der Waals surface area contributed by atoms with Gasteiger partial charge < -0.3 is 5.73 Å². The van der Waals surface area contributed by atoms with Crippen LogP contribution in [0.4, 0.5) is 0 Å². The van der Waals surface area contributed by atoms with Crippen molar-refractivity contribution in [3.8, 4) is 0 Å². The van der Waals surface area contributed by atoms with E-state index in [0.717, 1.165) is 4.47 Å². The highest BCUT2D eigenvalue weighted by molar-refractivity contribution is 9.10. The Kier molecular flexibility index (Phi) is 3.58. The Balaban J connectivity index is 2.27. The number of aromatic nitrogens is 1. The van der Waals surface area contributed by atoms with Gasteiger partial charge in [-0.1, -0.05) is 34.1 Å². The maximum Gasteiger partial charge on any atom is 0.262 e. The van der Waals surface area contributed by atoms with Crippen molar-refractivity contribution in [2.24, 2.45) is 5.73 Å². The van der Waals surface area contributed by atoms with Gasteiger partial charge in [0, 0.05) is 21.1 Å². The van der Waals surface area contributed by atoms with Gasteiger partial charge in [0.15, 0.2) is 0 Å². The van der Waals surface area contributed by atoms with Gasteiger partial charge in [-0.3, -0.25) is 14.2 Å². The number of hydrogen-bond acceptors (Lipinski definition) is 2. The topological polar surface area (TPSA) is 65.1 Å². The van der Waals surface area contributed by atoms with Crippen molar-refractivity contribution >= 4 is 38.6 Å². The lowest BCUT2D eigenvalue weighted by Gasteiger charge is -2.07. The van der Waals surface area contributed by atoms with E-state index in [1.807, 2.05) is 30.3 Å². The highest BCUT2D eigenvalue weighted by atomic mass is 79.9. The average molecular weight is 357 g/mol. The molecular weight excluding hydrogens is 344 g/mol. The fourth-order valence-corrected chi connectivity index (χ4v) is 2.93. The second-order valence-corrected chi connectivity index (χ2v) is 5.90. The van der Waals surface area contributed by atoms with Crippen LogP contribution in [0.3, 0.4) is 0 Å². The maximum absolute atomic E-state index is 12.8. The molecule has 0 unspecified atom stereocenters. The third kappa shape index (κ3) is 2.23. The van der Waals surface area contributed by atoms with E-state index in [4.69, 9.17) is 5.73 Å². The van der Waals surface area contributed by atoms with Crippen molar-refractivity contribution < 1.29 is 9.59 Å². The van der Waals surface area contributed by atoms with Gasteiger partial charge in [-0.15, -0.1) is 0 Å². The first kappa shape index (κ1) is 14.5. The maximum atomic E-state index is 12.8. The third-order valence-corrected chi connectivity index (χ3v) is 4.18. The molecule has 0 saturated heterocycles. The minimum absolute atomic E-state index is 0.186. The monoisotopic (exact) mass is 356 g/mol. The van der Waals surface area contributed by atoms with Crippen LogP contribution < -0.4 is 5.73 Å². The molecule has 0 aliphatic rings. The van der Waals surface area contributed by atoms with Crippen molar-refractivity contribution in [3.63, 3.8) is 0 Å². The number of carbonyl (C=O) groups excluding carboxylic acids is 2. The van der Waals surface area contributed by atoms with Crippen LogP contribution in [0, 0.1) is 6.92 Å². The van der Waals surface area contributed by atoms with Gasteiger partial charge in [0.25, 0.3) is 11.8 Å². The summed E-state index contributed by atoms with van der Waals surface area (Å²) in [5.41, 5.74) is 7.66. The van der Waals surface area contributed by atoms with Gasteiger partial charge in [0.05, 0.1) is 11.1 Å². The number of rotatable bonds is 2. The lowest BCUT2D eigenvalue weighted by atomic mass is 10.1. The Morgan fingerprint density at radius 3 is 2.32 bits per heavy atom. The molecule has 22 heavy (non-hydrogen) atoms. The molecule has 3 aromatic rings. The van der Waals surface area contributed by atoms with Crippen LogP contribution in [0.15, 0.2) is 53.0 Å². The zero-order valence-electron chi connectivity index (χ0n) is 11.8. The normalized spacial score (nSPS) is 10.8. The highest BCUT2D eigenvalue weighted by Gasteiger charge is 2.22. The van der Waals surface area contributed by atoms with Crippen LogP contribution >= 0.6 is 15.9 Å². The first-order valence-corrected chi connectivity index (χ1v) is 7.50. The molecule has 0 bridgehead atoms. The number of nitrogens with zero attached hydrogens (tertiary/aromatic N) is 1. The van der Waals surface area contributed by atoms with Crippen molar-refractivity contribution in [1.29, 1.82) is 0 Å². The van der Waals surface area contributed by atoms with Gasteiger partial charge in [-0.05, 0) is 37.3 Å². The van der Waals surface area contributed by atoms with Gasteiger partial charge in [-0.25, -0.2) is 0 Å². The van der Waals surface area contributed by atoms with E-state index in [1.165, 1.54) is 0 Å². The van der Waals surface area contributed by atoms with Crippen LogP contribution in [0.1, 0.15) is 26.4 Å². The Morgan fingerprint density at radius 1 is 1.05 bits per heavy atom. The first-order chi connectivity index (χ1) is 10.5. The number of halogens is 1. The number of hydrogen-bond donors (Lipinski definition) is 1. The van der Waals surface area contributed by atoms with E-state index in [-0.39, 0.29) is 5.91 Å². The van der Waals surface area contributed by atoms with Crippen LogP contribution in [-0.4, -0.2) is 16.4 Å². The van der Waals surface area contributed by atoms with Gasteiger partial charge in [0.2, 0.25) is 0 Å². The molecule has 5 heteroatoms. The van der Waals surface area contributed by atoms with E-state index < -0.39 is 5.91 Å². The predicted molar refractivity (Wildman–Crippen MR) is 89.1 cm³/mol. The summed E-state index contributed by atoms with van der Waals surface area (Å²) < 4.78 is 2.44. The standard InChI is InChI=1S/C17H13BrN2O2/c1-10-15(16(19)21)13-4-2-3-5-14(13)20(10)17(22)11-6-8-12(18)9-7-11/h2-9H,1H3,(H2,19,21). The number of fused-ring (bicyclic) bond motifs is 1. The number of carbonyl (C=O) groups is 2. The second-order valence-electron chi connectivity index (χ2n) is 4.99. The van der Waals surface area contributed by atoms with Crippen LogP contribution in [0.5, 0.6) is 0 Å². The largest absolute Gasteiger partial charge is 0.366 e. The van der Waals surface area contributed by atoms with E-state index in [2.05, 4.69) is 15.9 Å². The van der Waals surface area contributed by atoms with Crippen molar-refractivity contribution in [2.45, 2.75) is 6.92 Å². The number of para-hydroxylation sites is 1. The van der Waals surface area contributed by atoms with Crippen LogP contribution in [-0.2, 0) is 0 Å². The molecule has 4 nitrogen and oxygen atoms in total. The minimum atomic E-state index is -0.531. The van der Waals surface area contributed by atoms with E-state index >= 15 is 0 Å². The molecule has 2 N–H and O–H groups in total. The summed E-state index contributed by atoms with van der Waals surface area (Å²) in [5.74, 6) is -0.718. The highest BCUT2D eigenvalue weighted by Crippen LogP contribution is 2.26. The summed E-state index contributed by atoms with van der Waals surface area (Å²) in [5, 5.41) is 0.693. The Morgan fingerprint density at radius 2 is 1.68 bits per heavy atom. The summed E-state index contributed by atoms with van der Waals surface area (Å²) in [6.07, 6.45) is 0. The zero-order chi connectivity index (χ0) is 15.9. The van der Waals surface area contributed by atoms with Crippen molar-refractivity contribution in [3.05, 3.63) is 69.8 Å². The van der Waals surface area contributed by atoms with E-state index in [1.54, 1.807) is 29.7 Å². The van der Waals surface area contributed by atoms with E-state index in [9.17, 15) is 9.59 Å². The number of nitrogens with two attached hydrogens (primary N) is 1. The molecule has 1 aromatic heterocycles. The zero-order valence-corrected chi connectivity index (χ0v) is 13.4.